The first-order valence-corrected chi connectivity index (χ1v) is 23.6. The van der Waals surface area contributed by atoms with Crippen LogP contribution in [0.4, 0.5) is 34.1 Å². The number of anilines is 6. The van der Waals surface area contributed by atoms with Crippen molar-refractivity contribution in [3.05, 3.63) is 188 Å². The summed E-state index contributed by atoms with van der Waals surface area (Å²) in [5.74, 6) is 0.962. The van der Waals surface area contributed by atoms with Crippen molar-refractivity contribution in [3.63, 3.8) is 0 Å². The molecule has 3 atom stereocenters. The van der Waals surface area contributed by atoms with Gasteiger partial charge in [-0.1, -0.05) is 147 Å². The summed E-state index contributed by atoms with van der Waals surface area (Å²) in [6, 6.07) is 45.5. The molecule has 3 unspecified atom stereocenters. The molecule has 2 aliphatic rings. The molecule has 0 saturated heterocycles. The van der Waals surface area contributed by atoms with Gasteiger partial charge in [-0.2, -0.15) is 0 Å². The Hall–Kier alpha value is -6.12. The van der Waals surface area contributed by atoms with Gasteiger partial charge in [-0.3, -0.25) is 0 Å². The van der Waals surface area contributed by atoms with Crippen molar-refractivity contribution in [3.8, 4) is 0 Å². The quantitative estimate of drug-likeness (QED) is 0.164. The number of hydrogen-bond donors (Lipinski definition) is 0. The molecule has 8 aromatic carbocycles. The fourth-order valence-corrected chi connectivity index (χ4v) is 12.1. The van der Waals surface area contributed by atoms with Crippen LogP contribution < -0.4 is 9.80 Å². The van der Waals surface area contributed by atoms with E-state index in [0.29, 0.717) is 11.8 Å². The lowest BCUT2D eigenvalue weighted by Crippen LogP contribution is -2.23. The van der Waals surface area contributed by atoms with Crippen LogP contribution in [0, 0.1) is 53.4 Å². The van der Waals surface area contributed by atoms with E-state index in [0.717, 1.165) is 17.8 Å². The second-order valence-corrected chi connectivity index (χ2v) is 20.8. The molecular formula is C62H64N2. The minimum atomic E-state index is 0.0298. The zero-order valence-corrected chi connectivity index (χ0v) is 40.4. The highest BCUT2D eigenvalue weighted by atomic mass is 15.2. The first-order valence-electron chi connectivity index (χ1n) is 23.6. The Morgan fingerprint density at radius 3 is 1.64 bits per heavy atom. The topological polar surface area (TPSA) is 6.48 Å². The van der Waals surface area contributed by atoms with Gasteiger partial charge in [0.15, 0.2) is 0 Å². The molecule has 0 fully saturated rings. The minimum Gasteiger partial charge on any atom is -0.310 e. The first-order chi connectivity index (χ1) is 30.5. The van der Waals surface area contributed by atoms with Crippen LogP contribution >= 0.6 is 0 Å². The molecule has 0 N–H and O–H groups in total. The van der Waals surface area contributed by atoms with E-state index >= 15 is 0 Å². The van der Waals surface area contributed by atoms with Gasteiger partial charge in [0.2, 0.25) is 0 Å². The number of allylic oxidation sites excluding steroid dienone is 4. The summed E-state index contributed by atoms with van der Waals surface area (Å²) in [6.07, 6.45) is 3.38. The first kappa shape index (κ1) is 41.9. The van der Waals surface area contributed by atoms with Gasteiger partial charge in [0, 0.05) is 28.4 Å². The zero-order valence-electron chi connectivity index (χ0n) is 40.4. The molecule has 10 rings (SSSR count). The molecule has 1 heterocycles. The Morgan fingerprint density at radius 2 is 1.05 bits per heavy atom. The molecule has 8 aromatic rings. The third kappa shape index (κ3) is 6.75. The molecule has 0 spiro atoms. The second-order valence-electron chi connectivity index (χ2n) is 20.8. The summed E-state index contributed by atoms with van der Waals surface area (Å²) in [4.78, 5) is 5.15. The van der Waals surface area contributed by atoms with E-state index in [2.05, 4.69) is 221 Å². The lowest BCUT2D eigenvalue weighted by molar-refractivity contribution is 0.460. The average molecular weight is 837 g/mol. The number of aryl methyl sites for hydroxylation is 6. The lowest BCUT2D eigenvalue weighted by atomic mass is 9.69. The number of nitrogens with zero attached hydrogens (tertiary/aromatic N) is 2. The predicted octanol–water partition coefficient (Wildman–Crippen LogP) is 17.9. The fraction of sp³-hybridized carbons (Fsp3) is 0.290. The summed E-state index contributed by atoms with van der Waals surface area (Å²) in [5.41, 5.74) is 23.5. The molecule has 0 radical (unpaired) electrons. The smallest absolute Gasteiger partial charge is 0.0543 e. The maximum atomic E-state index is 2.62. The van der Waals surface area contributed by atoms with Crippen LogP contribution in [0.15, 0.2) is 138 Å². The number of rotatable bonds is 3. The highest BCUT2D eigenvalue weighted by Crippen LogP contribution is 2.53. The van der Waals surface area contributed by atoms with Crippen molar-refractivity contribution >= 4 is 66.4 Å². The van der Waals surface area contributed by atoms with Crippen LogP contribution in [-0.4, -0.2) is 0 Å². The van der Waals surface area contributed by atoms with E-state index in [1.807, 2.05) is 0 Å². The Morgan fingerprint density at radius 1 is 0.516 bits per heavy atom. The molecule has 0 amide bonds. The van der Waals surface area contributed by atoms with Gasteiger partial charge in [0.25, 0.3) is 0 Å². The normalized spacial score (nSPS) is 18.1. The largest absolute Gasteiger partial charge is 0.310 e. The van der Waals surface area contributed by atoms with Gasteiger partial charge < -0.3 is 9.80 Å². The van der Waals surface area contributed by atoms with Gasteiger partial charge in [-0.15, -0.1) is 0 Å². The fourth-order valence-electron chi connectivity index (χ4n) is 12.1. The summed E-state index contributed by atoms with van der Waals surface area (Å²) in [7, 11) is 0. The van der Waals surface area contributed by atoms with Crippen LogP contribution in [0.2, 0.25) is 0 Å². The van der Waals surface area contributed by atoms with Gasteiger partial charge in [-0.05, 0) is 181 Å². The average Bonchev–Trinajstić information content (AvgIpc) is 3.23. The molecule has 64 heavy (non-hydrogen) atoms. The Bertz CT molecular complexity index is 3190. The maximum Gasteiger partial charge on any atom is 0.0543 e. The molecule has 2 nitrogen and oxygen atoms in total. The Kier molecular flexibility index (Phi) is 9.98. The van der Waals surface area contributed by atoms with Crippen LogP contribution in [0.25, 0.3) is 32.3 Å². The van der Waals surface area contributed by atoms with Gasteiger partial charge in [0.05, 0.1) is 17.1 Å². The van der Waals surface area contributed by atoms with Crippen molar-refractivity contribution in [2.75, 3.05) is 9.80 Å². The van der Waals surface area contributed by atoms with E-state index in [1.165, 1.54) is 116 Å². The number of hydrogen-bond acceptors (Lipinski definition) is 2. The monoisotopic (exact) mass is 837 g/mol. The van der Waals surface area contributed by atoms with Crippen molar-refractivity contribution < 1.29 is 0 Å². The van der Waals surface area contributed by atoms with Gasteiger partial charge in [0.1, 0.15) is 0 Å². The molecule has 2 heteroatoms. The molecule has 322 valence electrons. The SMILES string of the molecule is CC1=CC(C)=C(C2Cc3cccc(c3)N(c3c(C)cc(C)cc3C)c3cccc(c3)N(c3c(C)cc(C)cc3C)c3cc2c2ccc4cc(C(C)(C)C)cc5ccc3c2c45)C(C)C1C. The van der Waals surface area contributed by atoms with Crippen LogP contribution in [0.5, 0.6) is 0 Å². The maximum absolute atomic E-state index is 2.62. The summed E-state index contributed by atoms with van der Waals surface area (Å²) in [6.45, 7) is 30.2. The Balaban J connectivity index is 1.40. The van der Waals surface area contributed by atoms with Crippen LogP contribution in [0.1, 0.15) is 104 Å². The standard InChI is InChI=1S/C62H64N2/c1-35-24-39(5)60(40(6)25-35)63-49-17-14-16-45(29-49)30-55(57-38(4)28-37(3)43(9)44(57)10)54-34-56(64(51-19-15-18-50(63)33-51)61-41(7)26-36(2)27-42(61)8)53-23-21-47-32-48(62(11,12)13)31-46-20-22-52(54)59(53)58(46)47/h14-29,31-34,43-44,55H,30H2,1-13H3. The van der Waals surface area contributed by atoms with Crippen LogP contribution in [0.3, 0.4) is 0 Å². The molecule has 1 aliphatic carbocycles. The molecule has 0 aromatic heterocycles. The summed E-state index contributed by atoms with van der Waals surface area (Å²) < 4.78 is 0. The third-order valence-electron chi connectivity index (χ3n) is 15.1. The van der Waals surface area contributed by atoms with Crippen molar-refractivity contribution in [1.29, 1.82) is 0 Å². The summed E-state index contributed by atoms with van der Waals surface area (Å²) >= 11 is 0. The van der Waals surface area contributed by atoms with Gasteiger partial charge in [-0.25, -0.2) is 0 Å². The number of benzene rings is 8. The van der Waals surface area contributed by atoms with Crippen molar-refractivity contribution in [1.82, 2.24) is 0 Å². The summed E-state index contributed by atoms with van der Waals surface area (Å²) in [5, 5.41) is 8.01. The van der Waals surface area contributed by atoms with Crippen LogP contribution in [-0.2, 0) is 11.8 Å². The minimum absolute atomic E-state index is 0.0298. The van der Waals surface area contributed by atoms with Gasteiger partial charge >= 0.3 is 0 Å². The molecule has 6 bridgehead atoms. The molecular weight excluding hydrogens is 773 g/mol. The van der Waals surface area contributed by atoms with E-state index in [1.54, 1.807) is 5.57 Å². The van der Waals surface area contributed by atoms with E-state index in [-0.39, 0.29) is 11.3 Å². The second kappa shape index (κ2) is 15.3. The highest BCUT2D eigenvalue weighted by Gasteiger charge is 2.34. The predicted molar refractivity (Wildman–Crippen MR) is 278 cm³/mol. The van der Waals surface area contributed by atoms with E-state index in [4.69, 9.17) is 0 Å². The van der Waals surface area contributed by atoms with E-state index < -0.39 is 0 Å². The lowest BCUT2D eigenvalue weighted by Gasteiger charge is -2.37. The van der Waals surface area contributed by atoms with E-state index in [9.17, 15) is 0 Å². The zero-order chi connectivity index (χ0) is 45.1. The molecule has 0 saturated carbocycles. The van der Waals surface area contributed by atoms with Crippen molar-refractivity contribution in [2.45, 2.75) is 108 Å². The number of fused-ring (bicyclic) bond motifs is 8. The highest BCUT2D eigenvalue weighted by molar-refractivity contribution is 6.27. The Labute approximate surface area is 382 Å². The van der Waals surface area contributed by atoms with Crippen molar-refractivity contribution in [2.24, 2.45) is 11.8 Å². The third-order valence-corrected chi connectivity index (χ3v) is 15.1. The molecule has 1 aliphatic heterocycles.